The summed E-state index contributed by atoms with van der Waals surface area (Å²) >= 11 is 0. The Kier molecular flexibility index (Phi) is 1.63. The molecule has 4 N–H and O–H groups in total. The van der Waals surface area contributed by atoms with E-state index in [0.717, 1.165) is 6.07 Å². The van der Waals surface area contributed by atoms with Crippen LogP contribution in [-0.2, 0) is 0 Å². The van der Waals surface area contributed by atoms with E-state index in [0.29, 0.717) is 5.56 Å². The van der Waals surface area contributed by atoms with Crippen LogP contribution < -0.4 is 5.73 Å². The van der Waals surface area contributed by atoms with Crippen LogP contribution in [0.3, 0.4) is 0 Å². The molecule has 1 aliphatic heterocycles. The van der Waals surface area contributed by atoms with Crippen molar-refractivity contribution in [1.82, 2.24) is 0 Å². The first-order valence-electron chi connectivity index (χ1n) is 3.85. The Morgan fingerprint density at radius 2 is 2.07 bits per heavy atom. The molecule has 2 rings (SSSR count). The molecule has 72 valence electrons. The zero-order valence-electron chi connectivity index (χ0n) is 7.01. The van der Waals surface area contributed by atoms with Gasteiger partial charge in [-0.3, -0.25) is 0 Å². The van der Waals surface area contributed by atoms with Gasteiger partial charge in [-0.05, 0) is 12.1 Å². The SMILES string of the molecule is Nc1cc(C(=O)O)cc(O)c1C1N=N1. The maximum atomic E-state index is 10.6. The van der Waals surface area contributed by atoms with Gasteiger partial charge < -0.3 is 15.9 Å². The molecule has 0 saturated carbocycles. The lowest BCUT2D eigenvalue weighted by Crippen LogP contribution is -2.01. The standard InChI is InChI=1S/C8H7N3O3/c9-4-1-3(8(13)14)2-5(12)6(4)7-10-11-7/h1-2,7,12H,9H2,(H,13,14). The van der Waals surface area contributed by atoms with Gasteiger partial charge in [0.05, 0.1) is 11.1 Å². The zero-order valence-corrected chi connectivity index (χ0v) is 7.01. The van der Waals surface area contributed by atoms with Crippen LogP contribution in [0.15, 0.2) is 22.4 Å². The number of aromatic carboxylic acids is 1. The Morgan fingerprint density at radius 3 is 2.50 bits per heavy atom. The second-order valence-electron chi connectivity index (χ2n) is 2.91. The van der Waals surface area contributed by atoms with E-state index >= 15 is 0 Å². The number of rotatable bonds is 2. The van der Waals surface area contributed by atoms with Gasteiger partial charge in [0.15, 0.2) is 0 Å². The summed E-state index contributed by atoms with van der Waals surface area (Å²) in [7, 11) is 0. The highest BCUT2D eigenvalue weighted by molar-refractivity contribution is 5.90. The number of carbonyl (C=O) groups is 1. The predicted molar refractivity (Wildman–Crippen MR) is 47.1 cm³/mol. The molecule has 0 amide bonds. The summed E-state index contributed by atoms with van der Waals surface area (Å²) in [5, 5.41) is 25.3. The largest absolute Gasteiger partial charge is 0.507 e. The summed E-state index contributed by atoms with van der Waals surface area (Å²) in [6.07, 6.45) is -0.433. The maximum Gasteiger partial charge on any atom is 0.335 e. The predicted octanol–water partition coefficient (Wildman–Crippen LogP) is 1.14. The van der Waals surface area contributed by atoms with E-state index in [1.165, 1.54) is 6.07 Å². The highest BCUT2D eigenvalue weighted by Crippen LogP contribution is 2.40. The summed E-state index contributed by atoms with van der Waals surface area (Å²) < 4.78 is 0. The number of carboxylic acid groups (broad SMARTS) is 1. The van der Waals surface area contributed by atoms with Crippen LogP contribution in [0, 0.1) is 0 Å². The molecule has 0 unspecified atom stereocenters. The van der Waals surface area contributed by atoms with Gasteiger partial charge in [-0.1, -0.05) is 0 Å². The Hall–Kier alpha value is -2.11. The van der Waals surface area contributed by atoms with Crippen molar-refractivity contribution in [1.29, 1.82) is 0 Å². The first-order valence-corrected chi connectivity index (χ1v) is 3.85. The van der Waals surface area contributed by atoms with Crippen molar-refractivity contribution in [2.45, 2.75) is 6.17 Å². The number of phenolic OH excluding ortho intramolecular Hbond substituents is 1. The van der Waals surface area contributed by atoms with Crippen molar-refractivity contribution in [3.8, 4) is 5.75 Å². The molecule has 1 aromatic carbocycles. The molecule has 0 spiro atoms. The fourth-order valence-corrected chi connectivity index (χ4v) is 1.21. The number of phenols is 1. The summed E-state index contributed by atoms with van der Waals surface area (Å²) in [6.45, 7) is 0. The van der Waals surface area contributed by atoms with E-state index in [1.807, 2.05) is 0 Å². The van der Waals surface area contributed by atoms with E-state index in [-0.39, 0.29) is 17.0 Å². The average molecular weight is 193 g/mol. The molecule has 0 bridgehead atoms. The third kappa shape index (κ3) is 1.26. The van der Waals surface area contributed by atoms with Gasteiger partial charge in [-0.15, -0.1) is 0 Å². The fraction of sp³-hybridized carbons (Fsp3) is 0.125. The summed E-state index contributed by atoms with van der Waals surface area (Å²) in [5.74, 6) is -1.32. The van der Waals surface area contributed by atoms with E-state index in [1.54, 1.807) is 0 Å². The van der Waals surface area contributed by atoms with Gasteiger partial charge in [0.25, 0.3) is 0 Å². The van der Waals surface area contributed by atoms with Crippen molar-refractivity contribution in [3.63, 3.8) is 0 Å². The molecule has 0 aliphatic carbocycles. The molecule has 1 aromatic rings. The van der Waals surface area contributed by atoms with E-state index in [2.05, 4.69) is 10.2 Å². The molecule has 14 heavy (non-hydrogen) atoms. The van der Waals surface area contributed by atoms with Gasteiger partial charge in [0.2, 0.25) is 6.17 Å². The van der Waals surface area contributed by atoms with Gasteiger partial charge in [0, 0.05) is 5.69 Å². The van der Waals surface area contributed by atoms with Crippen molar-refractivity contribution in [3.05, 3.63) is 23.3 Å². The number of carboxylic acids is 1. The smallest absolute Gasteiger partial charge is 0.335 e. The molecule has 1 aliphatic rings. The number of benzene rings is 1. The van der Waals surface area contributed by atoms with Crippen LogP contribution in [0.1, 0.15) is 22.1 Å². The Balaban J connectivity index is 2.49. The quantitative estimate of drug-likeness (QED) is 0.611. The molecule has 0 aromatic heterocycles. The molecule has 0 atom stereocenters. The minimum absolute atomic E-state index is 0.0515. The molecule has 0 fully saturated rings. The van der Waals surface area contributed by atoms with Crippen LogP contribution in [0.4, 0.5) is 5.69 Å². The second-order valence-corrected chi connectivity index (χ2v) is 2.91. The van der Waals surface area contributed by atoms with Gasteiger partial charge >= 0.3 is 5.97 Å². The monoisotopic (exact) mass is 193 g/mol. The van der Waals surface area contributed by atoms with Crippen LogP contribution in [0.2, 0.25) is 0 Å². The number of anilines is 1. The van der Waals surface area contributed by atoms with E-state index < -0.39 is 12.1 Å². The van der Waals surface area contributed by atoms with E-state index in [4.69, 9.17) is 10.8 Å². The van der Waals surface area contributed by atoms with Crippen LogP contribution in [0.5, 0.6) is 5.75 Å². The molecular formula is C8H7N3O3. The molecule has 6 heteroatoms. The molecule has 1 heterocycles. The first-order chi connectivity index (χ1) is 6.59. The minimum Gasteiger partial charge on any atom is -0.507 e. The fourth-order valence-electron chi connectivity index (χ4n) is 1.21. The maximum absolute atomic E-state index is 10.6. The minimum atomic E-state index is -1.14. The third-order valence-electron chi connectivity index (χ3n) is 1.93. The third-order valence-corrected chi connectivity index (χ3v) is 1.93. The van der Waals surface area contributed by atoms with Crippen molar-refractivity contribution < 1.29 is 15.0 Å². The van der Waals surface area contributed by atoms with Crippen molar-refractivity contribution in [2.24, 2.45) is 10.2 Å². The normalized spacial score (nSPS) is 14.3. The Bertz CT molecular complexity index is 412. The number of hydrogen-bond acceptors (Lipinski definition) is 5. The Morgan fingerprint density at radius 1 is 1.43 bits per heavy atom. The number of nitrogens with zero attached hydrogens (tertiary/aromatic N) is 2. The van der Waals surface area contributed by atoms with Gasteiger partial charge in [0.1, 0.15) is 5.75 Å². The second kappa shape index (κ2) is 2.69. The number of nitrogens with two attached hydrogens (primary N) is 1. The van der Waals surface area contributed by atoms with Crippen molar-refractivity contribution in [2.75, 3.05) is 5.73 Å². The lowest BCUT2D eigenvalue weighted by atomic mass is 10.1. The highest BCUT2D eigenvalue weighted by Gasteiger charge is 2.26. The topological polar surface area (TPSA) is 108 Å². The van der Waals surface area contributed by atoms with Gasteiger partial charge in [-0.25, -0.2) is 4.79 Å². The summed E-state index contributed by atoms with van der Waals surface area (Å²) in [6, 6.07) is 2.41. The Labute approximate surface area is 78.7 Å². The van der Waals surface area contributed by atoms with Crippen molar-refractivity contribution >= 4 is 11.7 Å². The molecule has 0 radical (unpaired) electrons. The molecule has 0 saturated heterocycles. The summed E-state index contributed by atoms with van der Waals surface area (Å²) in [5.41, 5.74) is 6.07. The van der Waals surface area contributed by atoms with Crippen LogP contribution in [-0.4, -0.2) is 16.2 Å². The first kappa shape index (κ1) is 8.49. The lowest BCUT2D eigenvalue weighted by molar-refractivity contribution is 0.0696. The lowest BCUT2D eigenvalue weighted by Gasteiger charge is -2.05. The van der Waals surface area contributed by atoms with Gasteiger partial charge in [-0.2, -0.15) is 10.2 Å². The van der Waals surface area contributed by atoms with Crippen LogP contribution >= 0.6 is 0 Å². The number of nitrogen functional groups attached to an aromatic ring is 1. The zero-order chi connectivity index (χ0) is 10.3. The van der Waals surface area contributed by atoms with Crippen LogP contribution in [0.25, 0.3) is 0 Å². The molecule has 6 nitrogen and oxygen atoms in total. The summed E-state index contributed by atoms with van der Waals surface area (Å²) in [4.78, 5) is 10.6. The van der Waals surface area contributed by atoms with E-state index in [9.17, 15) is 9.90 Å². The highest BCUT2D eigenvalue weighted by atomic mass is 16.4. The molecular weight excluding hydrogens is 186 g/mol. The number of aromatic hydroxyl groups is 1. The average Bonchev–Trinajstić information content (AvgIpc) is 2.86. The number of hydrogen-bond donors (Lipinski definition) is 3.